The number of aliphatic hydroxyl groups excluding tert-OH is 1. The molecule has 3 N–H and O–H groups in total. The first-order valence-electron chi connectivity index (χ1n) is 14.5. The van der Waals surface area contributed by atoms with Crippen molar-refractivity contribution in [3.8, 4) is 11.1 Å². The zero-order valence-electron chi connectivity index (χ0n) is 24.5. The van der Waals surface area contributed by atoms with Crippen LogP contribution < -0.4 is 5.32 Å². The maximum absolute atomic E-state index is 12.2. The van der Waals surface area contributed by atoms with E-state index in [4.69, 9.17) is 14.6 Å². The fourth-order valence-electron chi connectivity index (χ4n) is 5.05. The predicted molar refractivity (Wildman–Crippen MR) is 165 cm³/mol. The molecular formula is C33H36N4O6S. The van der Waals surface area contributed by atoms with Crippen LogP contribution in [0.25, 0.3) is 11.1 Å². The molecule has 0 radical (unpaired) electrons. The topological polar surface area (TPSA) is 136 Å². The summed E-state index contributed by atoms with van der Waals surface area (Å²) in [4.78, 5) is 23.0. The van der Waals surface area contributed by atoms with Gasteiger partial charge in [0.25, 0.3) is 0 Å². The molecular weight excluding hydrogens is 580 g/mol. The lowest BCUT2D eigenvalue weighted by Crippen LogP contribution is -2.31. The summed E-state index contributed by atoms with van der Waals surface area (Å²) in [6.07, 6.45) is 1.95. The van der Waals surface area contributed by atoms with E-state index in [9.17, 15) is 14.7 Å². The summed E-state index contributed by atoms with van der Waals surface area (Å²) in [5.41, 5.74) is 5.72. The number of benzene rings is 3. The number of aliphatic carboxylic acids is 1. The molecule has 0 spiro atoms. The quantitative estimate of drug-likeness (QED) is 0.174. The summed E-state index contributed by atoms with van der Waals surface area (Å²) in [6.45, 7) is 0.337. The number of rotatable bonds is 13. The van der Waals surface area contributed by atoms with E-state index in [-0.39, 0.29) is 37.6 Å². The first-order valence-corrected chi connectivity index (χ1v) is 15.5. The van der Waals surface area contributed by atoms with E-state index in [1.54, 1.807) is 18.1 Å². The minimum absolute atomic E-state index is 0.0108. The Hall–Kier alpha value is -4.03. The highest BCUT2D eigenvalue weighted by molar-refractivity contribution is 7.99. The molecule has 3 atom stereocenters. The van der Waals surface area contributed by atoms with Crippen molar-refractivity contribution in [2.75, 3.05) is 5.75 Å². The highest BCUT2D eigenvalue weighted by Gasteiger charge is 2.32. The summed E-state index contributed by atoms with van der Waals surface area (Å²) in [5, 5.41) is 30.2. The van der Waals surface area contributed by atoms with Crippen molar-refractivity contribution in [2.45, 2.75) is 62.5 Å². The number of carbonyl (C=O) groups is 2. The SMILES string of the molecule is Cn1cnnc1SC[C@H]1C[C@@H](c2ccc(CO)cc2)O[C@@H](c2ccc(-c3ccccc3CNC(=O)CCCC(=O)O)cc2)O1. The molecule has 4 aromatic rings. The number of carboxylic acids is 1. The monoisotopic (exact) mass is 616 g/mol. The molecule has 0 bridgehead atoms. The Morgan fingerprint density at radius 2 is 1.75 bits per heavy atom. The molecule has 1 aromatic heterocycles. The number of thioether (sulfide) groups is 1. The Morgan fingerprint density at radius 1 is 1.00 bits per heavy atom. The van der Waals surface area contributed by atoms with E-state index in [0.29, 0.717) is 25.1 Å². The molecule has 5 rings (SSSR count). The van der Waals surface area contributed by atoms with Gasteiger partial charge in [-0.25, -0.2) is 0 Å². The van der Waals surface area contributed by atoms with Gasteiger partial charge in [-0.05, 0) is 34.2 Å². The maximum Gasteiger partial charge on any atom is 0.303 e. The molecule has 0 aliphatic carbocycles. The zero-order valence-corrected chi connectivity index (χ0v) is 25.3. The molecule has 10 nitrogen and oxygen atoms in total. The number of aromatic nitrogens is 3. The van der Waals surface area contributed by atoms with Gasteiger partial charge in [-0.3, -0.25) is 9.59 Å². The summed E-state index contributed by atoms with van der Waals surface area (Å²) in [7, 11) is 1.91. The third kappa shape index (κ3) is 8.32. The molecule has 1 amide bonds. The van der Waals surface area contributed by atoms with Crippen molar-refractivity contribution in [1.29, 1.82) is 0 Å². The molecule has 0 unspecified atom stereocenters. The molecule has 3 aromatic carbocycles. The predicted octanol–water partition coefficient (Wildman–Crippen LogP) is 5.18. The van der Waals surface area contributed by atoms with Gasteiger partial charge in [0, 0.05) is 44.2 Å². The molecule has 230 valence electrons. The summed E-state index contributed by atoms with van der Waals surface area (Å²) >= 11 is 1.59. The number of carboxylic acid groups (broad SMARTS) is 1. The second kappa shape index (κ2) is 15.1. The van der Waals surface area contributed by atoms with Crippen LogP contribution in [-0.4, -0.2) is 48.7 Å². The van der Waals surface area contributed by atoms with Crippen molar-refractivity contribution in [2.24, 2.45) is 7.05 Å². The third-order valence-corrected chi connectivity index (χ3v) is 8.63. The fourth-order valence-corrected chi connectivity index (χ4v) is 5.96. The van der Waals surface area contributed by atoms with E-state index in [0.717, 1.165) is 38.5 Å². The number of aliphatic hydroxyl groups is 1. The van der Waals surface area contributed by atoms with Crippen molar-refractivity contribution in [3.05, 3.63) is 101 Å². The Balaban J connectivity index is 1.29. The largest absolute Gasteiger partial charge is 0.481 e. The highest BCUT2D eigenvalue weighted by Crippen LogP contribution is 2.39. The van der Waals surface area contributed by atoms with Crippen molar-refractivity contribution >= 4 is 23.6 Å². The smallest absolute Gasteiger partial charge is 0.303 e. The molecule has 11 heteroatoms. The zero-order chi connectivity index (χ0) is 30.9. The number of ether oxygens (including phenoxy) is 2. The number of nitrogens with zero attached hydrogens (tertiary/aromatic N) is 3. The maximum atomic E-state index is 12.2. The average Bonchev–Trinajstić information content (AvgIpc) is 3.47. The second-order valence-electron chi connectivity index (χ2n) is 10.7. The van der Waals surface area contributed by atoms with Crippen LogP contribution in [0.2, 0.25) is 0 Å². The molecule has 44 heavy (non-hydrogen) atoms. The van der Waals surface area contributed by atoms with E-state index < -0.39 is 12.3 Å². The van der Waals surface area contributed by atoms with Gasteiger partial charge < -0.3 is 29.6 Å². The molecule has 1 aliphatic heterocycles. The average molecular weight is 617 g/mol. The minimum Gasteiger partial charge on any atom is -0.481 e. The summed E-state index contributed by atoms with van der Waals surface area (Å²) < 4.78 is 14.8. The van der Waals surface area contributed by atoms with E-state index in [1.807, 2.05) is 84.4 Å². The molecule has 1 aliphatic rings. The number of hydrogen-bond acceptors (Lipinski definition) is 8. The van der Waals surface area contributed by atoms with Crippen LogP contribution in [-0.2, 0) is 39.3 Å². The van der Waals surface area contributed by atoms with Crippen molar-refractivity contribution in [3.63, 3.8) is 0 Å². The lowest BCUT2D eigenvalue weighted by molar-refractivity contribution is -0.245. The first-order chi connectivity index (χ1) is 21.4. The van der Waals surface area contributed by atoms with Gasteiger partial charge in [-0.2, -0.15) is 0 Å². The number of aryl methyl sites for hydroxylation is 1. The minimum atomic E-state index is -0.904. The van der Waals surface area contributed by atoms with Gasteiger partial charge in [0.1, 0.15) is 6.33 Å². The Morgan fingerprint density at radius 3 is 2.45 bits per heavy atom. The standard InChI is InChI=1S/C33H36N4O6S/c1-37-21-35-36-33(37)44-20-27-17-29(24-11-9-22(19-38)10-12-24)43-32(42-27)25-15-13-23(14-16-25)28-6-3-2-5-26(28)18-34-30(39)7-4-8-31(40)41/h2-3,5-6,9-16,21,27,29,32,38H,4,7-8,17-20H2,1H3,(H,34,39)(H,40,41)/t27-,29+,32+/m1/s1. The van der Waals surface area contributed by atoms with Crippen molar-refractivity contribution < 1.29 is 29.3 Å². The van der Waals surface area contributed by atoms with E-state index >= 15 is 0 Å². The number of amides is 1. The van der Waals surface area contributed by atoms with E-state index in [1.165, 1.54) is 0 Å². The Bertz CT molecular complexity index is 1540. The normalized spacial score (nSPS) is 18.2. The molecule has 2 heterocycles. The Labute approximate surface area is 260 Å². The van der Waals surface area contributed by atoms with Crippen LogP contribution >= 0.6 is 11.8 Å². The van der Waals surface area contributed by atoms with Crippen LogP contribution in [0.3, 0.4) is 0 Å². The van der Waals surface area contributed by atoms with Crippen molar-refractivity contribution in [1.82, 2.24) is 20.1 Å². The molecule has 0 saturated carbocycles. The number of nitrogens with one attached hydrogen (secondary N) is 1. The number of carbonyl (C=O) groups excluding carboxylic acids is 1. The van der Waals surface area contributed by atoms with Gasteiger partial charge in [-0.1, -0.05) is 84.6 Å². The van der Waals surface area contributed by atoms with Crippen LogP contribution in [0.15, 0.2) is 84.3 Å². The van der Waals surface area contributed by atoms with Crippen LogP contribution in [0.4, 0.5) is 0 Å². The van der Waals surface area contributed by atoms with Gasteiger partial charge in [0.15, 0.2) is 11.4 Å². The molecule has 1 saturated heterocycles. The van der Waals surface area contributed by atoms with E-state index in [2.05, 4.69) is 15.5 Å². The van der Waals surface area contributed by atoms with Crippen LogP contribution in [0.1, 0.15) is 60.3 Å². The van der Waals surface area contributed by atoms with Gasteiger partial charge >= 0.3 is 5.97 Å². The number of hydrogen-bond donors (Lipinski definition) is 3. The second-order valence-corrected chi connectivity index (χ2v) is 11.7. The third-order valence-electron chi connectivity index (χ3n) is 7.46. The lowest BCUT2D eigenvalue weighted by atomic mass is 9.97. The van der Waals surface area contributed by atoms with Crippen LogP contribution in [0, 0.1) is 0 Å². The van der Waals surface area contributed by atoms with Gasteiger partial charge in [0.05, 0.1) is 18.8 Å². The van der Waals surface area contributed by atoms with Crippen LogP contribution in [0.5, 0.6) is 0 Å². The Kier molecular flexibility index (Phi) is 10.8. The van der Waals surface area contributed by atoms with Gasteiger partial charge in [0.2, 0.25) is 5.91 Å². The molecule has 1 fully saturated rings. The first kappa shape index (κ1) is 31.4. The highest BCUT2D eigenvalue weighted by atomic mass is 32.2. The summed E-state index contributed by atoms with van der Waals surface area (Å²) in [6, 6.07) is 23.8. The van der Waals surface area contributed by atoms with Gasteiger partial charge in [-0.15, -0.1) is 10.2 Å². The lowest BCUT2D eigenvalue weighted by Gasteiger charge is -2.36. The fraction of sp³-hybridized carbons (Fsp3) is 0.333. The summed E-state index contributed by atoms with van der Waals surface area (Å²) in [5.74, 6) is -0.389.